The fraction of sp³-hybridized carbons (Fsp3) is 0.286. The molecule has 1 amide bonds. The highest BCUT2D eigenvalue weighted by molar-refractivity contribution is 5.98. The lowest BCUT2D eigenvalue weighted by molar-refractivity contribution is -0.157. The number of aryl methyl sites for hydroxylation is 1. The summed E-state index contributed by atoms with van der Waals surface area (Å²) in [7, 11) is 0. The van der Waals surface area contributed by atoms with Crippen LogP contribution >= 0.6 is 0 Å². The van der Waals surface area contributed by atoms with Gasteiger partial charge in [0.05, 0.1) is 6.42 Å². The number of carboxylic acid groups (broad SMARTS) is 1. The average molecular weight is 315 g/mol. The third-order valence-electron chi connectivity index (χ3n) is 2.93. The van der Waals surface area contributed by atoms with Crippen molar-refractivity contribution in [3.63, 3.8) is 0 Å². The molecule has 1 atom stereocenters. The number of nitrogens with one attached hydrogen (secondary N) is 1. The van der Waals surface area contributed by atoms with Gasteiger partial charge in [-0.1, -0.05) is 11.6 Å². The summed E-state index contributed by atoms with van der Waals surface area (Å²) in [6.45, 7) is 1.83. The topological polar surface area (TPSA) is 79.5 Å². The van der Waals surface area contributed by atoms with Crippen molar-refractivity contribution >= 4 is 22.8 Å². The lowest BCUT2D eigenvalue weighted by Crippen LogP contribution is -2.43. The van der Waals surface area contributed by atoms with E-state index in [-0.39, 0.29) is 5.76 Å². The van der Waals surface area contributed by atoms with E-state index >= 15 is 0 Å². The normalized spacial score (nSPS) is 13.1. The molecule has 5 nitrogen and oxygen atoms in total. The molecule has 0 aliphatic carbocycles. The van der Waals surface area contributed by atoms with Gasteiger partial charge in [0.25, 0.3) is 5.91 Å². The van der Waals surface area contributed by atoms with Gasteiger partial charge >= 0.3 is 12.1 Å². The standard InChI is InChI=1S/C14H12F3NO4/c1-7-2-3-10-8(4-7)5-11(22-10)12(19)18-9(13(20)21)6-14(15,16)17/h2-5,9H,6H2,1H3,(H,18,19)(H,20,21). The molecule has 22 heavy (non-hydrogen) atoms. The Morgan fingerprint density at radius 1 is 1.32 bits per heavy atom. The van der Waals surface area contributed by atoms with Crippen molar-refractivity contribution in [2.45, 2.75) is 25.6 Å². The molecule has 0 spiro atoms. The molecule has 118 valence electrons. The number of halogens is 3. The van der Waals surface area contributed by atoms with Gasteiger partial charge in [0.15, 0.2) is 5.76 Å². The van der Waals surface area contributed by atoms with E-state index in [1.807, 2.05) is 12.2 Å². The minimum absolute atomic E-state index is 0.242. The van der Waals surface area contributed by atoms with Crippen LogP contribution in [0, 0.1) is 6.92 Å². The van der Waals surface area contributed by atoms with Crippen molar-refractivity contribution < 1.29 is 32.3 Å². The number of rotatable bonds is 4. The van der Waals surface area contributed by atoms with Crippen molar-refractivity contribution in [1.29, 1.82) is 0 Å². The van der Waals surface area contributed by atoms with Gasteiger partial charge in [-0.15, -0.1) is 0 Å². The molecule has 2 aromatic rings. The summed E-state index contributed by atoms with van der Waals surface area (Å²) in [6, 6.07) is 4.38. The Hall–Kier alpha value is -2.51. The summed E-state index contributed by atoms with van der Waals surface area (Å²) in [4.78, 5) is 22.7. The van der Waals surface area contributed by atoms with Crippen molar-refractivity contribution in [1.82, 2.24) is 5.32 Å². The summed E-state index contributed by atoms with van der Waals surface area (Å²) >= 11 is 0. The highest BCUT2D eigenvalue weighted by atomic mass is 19.4. The minimum atomic E-state index is -4.71. The fourth-order valence-corrected chi connectivity index (χ4v) is 1.94. The molecule has 0 fully saturated rings. The first-order valence-corrected chi connectivity index (χ1v) is 6.26. The Bertz CT molecular complexity index is 720. The molecule has 0 saturated heterocycles. The highest BCUT2D eigenvalue weighted by Crippen LogP contribution is 2.23. The Labute approximate surface area is 122 Å². The van der Waals surface area contributed by atoms with E-state index in [0.29, 0.717) is 11.0 Å². The monoisotopic (exact) mass is 315 g/mol. The lowest BCUT2D eigenvalue weighted by atomic mass is 10.2. The summed E-state index contributed by atoms with van der Waals surface area (Å²) in [5.41, 5.74) is 1.30. The van der Waals surface area contributed by atoms with E-state index in [9.17, 15) is 22.8 Å². The summed E-state index contributed by atoms with van der Waals surface area (Å²) in [6.07, 6.45) is -6.37. The Balaban J connectivity index is 2.19. The van der Waals surface area contributed by atoms with Crippen molar-refractivity contribution in [3.8, 4) is 0 Å². The molecule has 0 aliphatic rings. The second-order valence-electron chi connectivity index (χ2n) is 4.84. The lowest BCUT2D eigenvalue weighted by Gasteiger charge is -2.15. The number of furan rings is 1. The Morgan fingerprint density at radius 3 is 2.59 bits per heavy atom. The van der Waals surface area contributed by atoms with Gasteiger partial charge in [-0.2, -0.15) is 13.2 Å². The summed E-state index contributed by atoms with van der Waals surface area (Å²) < 4.78 is 42.1. The smallest absolute Gasteiger partial charge is 0.391 e. The maximum Gasteiger partial charge on any atom is 0.391 e. The van der Waals surface area contributed by atoms with Gasteiger partial charge in [-0.05, 0) is 25.1 Å². The van der Waals surface area contributed by atoms with Gasteiger partial charge in [-0.25, -0.2) is 4.79 Å². The number of hydrogen-bond acceptors (Lipinski definition) is 3. The molecule has 1 aromatic heterocycles. The molecule has 0 aliphatic heterocycles. The van der Waals surface area contributed by atoms with E-state index in [2.05, 4.69) is 0 Å². The van der Waals surface area contributed by atoms with Crippen LogP contribution < -0.4 is 5.32 Å². The van der Waals surface area contributed by atoms with Crippen LogP contribution in [0.2, 0.25) is 0 Å². The number of carbonyl (C=O) groups excluding carboxylic acids is 1. The average Bonchev–Trinajstić information content (AvgIpc) is 2.79. The third kappa shape index (κ3) is 3.78. The van der Waals surface area contributed by atoms with Gasteiger partial charge in [-0.3, -0.25) is 4.79 Å². The van der Waals surface area contributed by atoms with E-state index in [0.717, 1.165) is 5.56 Å². The molecule has 0 saturated carbocycles. The third-order valence-corrected chi connectivity index (χ3v) is 2.93. The highest BCUT2D eigenvalue weighted by Gasteiger charge is 2.36. The first-order valence-electron chi connectivity index (χ1n) is 6.26. The first kappa shape index (κ1) is 15.9. The van der Waals surface area contributed by atoms with Crippen LogP contribution in [0.25, 0.3) is 11.0 Å². The van der Waals surface area contributed by atoms with Gasteiger partial charge < -0.3 is 14.8 Å². The van der Waals surface area contributed by atoms with Crippen LogP contribution in [-0.2, 0) is 4.79 Å². The predicted octanol–water partition coefficient (Wildman–Crippen LogP) is 2.88. The van der Waals surface area contributed by atoms with Crippen molar-refractivity contribution in [2.24, 2.45) is 0 Å². The maximum atomic E-state index is 12.3. The number of hydrogen-bond donors (Lipinski definition) is 2. The molecule has 0 radical (unpaired) electrons. The second-order valence-corrected chi connectivity index (χ2v) is 4.84. The first-order chi connectivity index (χ1) is 10.2. The zero-order valence-electron chi connectivity index (χ0n) is 11.4. The van der Waals surface area contributed by atoms with Crippen LogP contribution in [0.15, 0.2) is 28.7 Å². The zero-order chi connectivity index (χ0) is 16.5. The van der Waals surface area contributed by atoms with Crippen LogP contribution in [0.4, 0.5) is 13.2 Å². The van der Waals surface area contributed by atoms with E-state index < -0.39 is 30.5 Å². The number of amides is 1. The van der Waals surface area contributed by atoms with Crippen molar-refractivity contribution in [3.05, 3.63) is 35.6 Å². The molecule has 2 rings (SSSR count). The van der Waals surface area contributed by atoms with Crippen LogP contribution in [-0.4, -0.2) is 29.2 Å². The molecular formula is C14H12F3NO4. The van der Waals surface area contributed by atoms with Gasteiger partial charge in [0.1, 0.15) is 11.6 Å². The summed E-state index contributed by atoms with van der Waals surface area (Å²) in [5.74, 6) is -3.02. The molecule has 0 bridgehead atoms. The van der Waals surface area contributed by atoms with Gasteiger partial charge in [0.2, 0.25) is 0 Å². The van der Waals surface area contributed by atoms with Gasteiger partial charge in [0, 0.05) is 5.39 Å². The molecule has 1 heterocycles. The molecule has 2 N–H and O–H groups in total. The zero-order valence-corrected chi connectivity index (χ0v) is 11.4. The van der Waals surface area contributed by atoms with E-state index in [1.54, 1.807) is 18.2 Å². The number of aliphatic carboxylic acids is 1. The SMILES string of the molecule is Cc1ccc2oc(C(=O)NC(CC(F)(F)F)C(=O)O)cc2c1. The van der Waals surface area contributed by atoms with Crippen molar-refractivity contribution in [2.75, 3.05) is 0 Å². The second kappa shape index (κ2) is 5.70. The van der Waals surface area contributed by atoms with Crippen LogP contribution in [0.1, 0.15) is 22.5 Å². The maximum absolute atomic E-state index is 12.3. The minimum Gasteiger partial charge on any atom is -0.480 e. The number of fused-ring (bicyclic) bond motifs is 1. The fourth-order valence-electron chi connectivity index (χ4n) is 1.94. The molecule has 1 aromatic carbocycles. The largest absolute Gasteiger partial charge is 0.480 e. The molecule has 8 heteroatoms. The van der Waals surface area contributed by atoms with Crippen LogP contribution in [0.3, 0.4) is 0 Å². The Morgan fingerprint density at radius 2 is 2.00 bits per heavy atom. The van der Waals surface area contributed by atoms with Crippen LogP contribution in [0.5, 0.6) is 0 Å². The molecule has 1 unspecified atom stereocenters. The molecular weight excluding hydrogens is 303 g/mol. The Kier molecular flexibility index (Phi) is 4.11. The van der Waals surface area contributed by atoms with E-state index in [4.69, 9.17) is 9.52 Å². The number of carboxylic acids is 1. The number of carbonyl (C=O) groups is 2. The quantitative estimate of drug-likeness (QED) is 0.909. The number of benzene rings is 1. The van der Waals surface area contributed by atoms with E-state index in [1.165, 1.54) is 6.07 Å². The number of alkyl halides is 3. The summed E-state index contributed by atoms with van der Waals surface area (Å²) in [5, 5.41) is 11.2. The predicted molar refractivity (Wildman–Crippen MR) is 70.5 cm³/mol.